The van der Waals surface area contributed by atoms with Gasteiger partial charge >= 0.3 is 0 Å². The second-order valence-electron chi connectivity index (χ2n) is 4.68. The Morgan fingerprint density at radius 2 is 1.58 bits per heavy atom. The molecule has 0 aromatic rings. The Bertz CT molecular complexity index is 266. The van der Waals surface area contributed by atoms with Crippen LogP contribution in [0.5, 0.6) is 0 Å². The van der Waals surface area contributed by atoms with Crippen LogP contribution in [0.1, 0.15) is 20.3 Å². The zero-order valence-corrected chi connectivity index (χ0v) is 10.9. The minimum atomic E-state index is -1.05. The Hall–Kier alpha value is 0.127. The minimum Gasteiger partial charge on any atom is -0.109 e. The van der Waals surface area contributed by atoms with Gasteiger partial charge < -0.3 is 0 Å². The van der Waals surface area contributed by atoms with Gasteiger partial charge in [0.2, 0.25) is 0 Å². The zero-order valence-electron chi connectivity index (χ0n) is 8.78. The molecule has 68 valence electrons. The van der Waals surface area contributed by atoms with Gasteiger partial charge in [0.25, 0.3) is 0 Å². The first-order valence-electron chi connectivity index (χ1n) is 4.50. The third-order valence-corrected chi connectivity index (χ3v) is 5.77. The second-order valence-corrected chi connectivity index (χ2v) is 10.5. The quantitative estimate of drug-likeness (QED) is 0.445. The number of rotatable bonds is 1. The van der Waals surface area contributed by atoms with Crippen LogP contribution in [-0.2, 0) is 0 Å². The Morgan fingerprint density at radius 1 is 1.08 bits per heavy atom. The van der Waals surface area contributed by atoms with E-state index in [4.69, 9.17) is 0 Å². The molecule has 0 N–H and O–H groups in total. The molecule has 1 aliphatic rings. The molecule has 0 fully saturated rings. The lowest BCUT2D eigenvalue weighted by molar-refractivity contribution is 1.30. The molecule has 0 aliphatic heterocycles. The molecule has 1 atom stereocenters. The SMILES string of the molecule is CC1=C(P)CC([Si](C)(C)C)=C1C. The van der Waals surface area contributed by atoms with E-state index in [9.17, 15) is 0 Å². The zero-order chi connectivity index (χ0) is 9.52. The number of allylic oxidation sites excluding steroid dienone is 4. The maximum atomic E-state index is 2.88. The Morgan fingerprint density at radius 3 is 1.75 bits per heavy atom. The normalized spacial score (nSPS) is 19.5. The Balaban J connectivity index is 3.03. The molecule has 1 aliphatic carbocycles. The average Bonchev–Trinajstić information content (AvgIpc) is 2.15. The van der Waals surface area contributed by atoms with Crippen molar-refractivity contribution >= 4 is 17.3 Å². The molecule has 0 aromatic carbocycles. The molecular weight excluding hydrogens is 179 g/mol. The van der Waals surface area contributed by atoms with Gasteiger partial charge in [0, 0.05) is 0 Å². The largest absolute Gasteiger partial charge is 0.109 e. The van der Waals surface area contributed by atoms with Crippen molar-refractivity contribution in [1.82, 2.24) is 0 Å². The third kappa shape index (κ3) is 1.72. The lowest BCUT2D eigenvalue weighted by Gasteiger charge is -2.19. The molecule has 0 saturated heterocycles. The molecule has 0 saturated carbocycles. The molecule has 0 radical (unpaired) electrons. The highest BCUT2D eigenvalue weighted by atomic mass is 31.0. The predicted octanol–water partition coefficient (Wildman–Crippen LogP) is 3.73. The van der Waals surface area contributed by atoms with E-state index < -0.39 is 8.07 Å². The Labute approximate surface area is 79.3 Å². The van der Waals surface area contributed by atoms with Crippen molar-refractivity contribution in [3.63, 3.8) is 0 Å². The second kappa shape index (κ2) is 3.12. The molecule has 2 heteroatoms. The number of hydrogen-bond acceptors (Lipinski definition) is 0. The standard InChI is InChI=1S/C10H19PSi/c1-7-8(2)10(6-9(7)11)12(3,4)5/h6,11H2,1-5H3. The van der Waals surface area contributed by atoms with Crippen molar-refractivity contribution in [3.05, 3.63) is 21.7 Å². The van der Waals surface area contributed by atoms with Gasteiger partial charge in [-0.15, -0.1) is 9.24 Å². The van der Waals surface area contributed by atoms with E-state index in [0.29, 0.717) is 0 Å². The van der Waals surface area contributed by atoms with Gasteiger partial charge in [-0.25, -0.2) is 0 Å². The topological polar surface area (TPSA) is 0 Å². The van der Waals surface area contributed by atoms with Crippen LogP contribution in [0.3, 0.4) is 0 Å². The molecule has 0 nitrogen and oxygen atoms in total. The fourth-order valence-corrected chi connectivity index (χ4v) is 4.41. The van der Waals surface area contributed by atoms with Crippen molar-refractivity contribution in [2.24, 2.45) is 0 Å². The highest BCUT2D eigenvalue weighted by Gasteiger charge is 2.26. The van der Waals surface area contributed by atoms with Crippen LogP contribution in [0.15, 0.2) is 21.7 Å². The summed E-state index contributed by atoms with van der Waals surface area (Å²) in [4.78, 5) is 0. The van der Waals surface area contributed by atoms with Gasteiger partial charge in [-0.2, -0.15) is 0 Å². The van der Waals surface area contributed by atoms with Crippen molar-refractivity contribution in [3.8, 4) is 0 Å². The first-order valence-corrected chi connectivity index (χ1v) is 8.57. The molecule has 0 aromatic heterocycles. The van der Waals surface area contributed by atoms with E-state index in [1.54, 1.807) is 10.8 Å². The van der Waals surface area contributed by atoms with E-state index in [2.05, 4.69) is 42.7 Å². The Kier molecular flexibility index (Phi) is 2.65. The first kappa shape index (κ1) is 10.2. The van der Waals surface area contributed by atoms with Gasteiger partial charge in [0.05, 0.1) is 8.07 Å². The molecule has 0 spiro atoms. The monoisotopic (exact) mass is 198 g/mol. The van der Waals surface area contributed by atoms with Crippen LogP contribution in [-0.4, -0.2) is 8.07 Å². The van der Waals surface area contributed by atoms with Gasteiger partial charge in [-0.1, -0.05) is 30.4 Å². The minimum absolute atomic E-state index is 1.05. The summed E-state index contributed by atoms with van der Waals surface area (Å²) in [6, 6.07) is 0. The predicted molar refractivity (Wildman–Crippen MR) is 63.1 cm³/mol. The molecular formula is C10H19PSi. The summed E-state index contributed by atoms with van der Waals surface area (Å²) in [7, 11) is 1.83. The lowest BCUT2D eigenvalue weighted by Crippen LogP contribution is -2.24. The van der Waals surface area contributed by atoms with Crippen molar-refractivity contribution in [2.45, 2.75) is 39.9 Å². The summed E-state index contributed by atoms with van der Waals surface area (Å²) in [6.07, 6.45) is 1.22. The van der Waals surface area contributed by atoms with Crippen LogP contribution < -0.4 is 0 Å². The van der Waals surface area contributed by atoms with E-state index in [1.165, 1.54) is 17.3 Å². The first-order chi connectivity index (χ1) is 5.34. The van der Waals surface area contributed by atoms with Crippen LogP contribution >= 0.6 is 9.24 Å². The van der Waals surface area contributed by atoms with Gasteiger partial charge in [0.1, 0.15) is 0 Å². The van der Waals surface area contributed by atoms with Crippen molar-refractivity contribution in [2.75, 3.05) is 0 Å². The van der Waals surface area contributed by atoms with E-state index in [0.717, 1.165) is 0 Å². The van der Waals surface area contributed by atoms with Crippen LogP contribution in [0, 0.1) is 0 Å². The molecule has 12 heavy (non-hydrogen) atoms. The van der Waals surface area contributed by atoms with Crippen LogP contribution in [0.4, 0.5) is 0 Å². The molecule has 0 bridgehead atoms. The maximum absolute atomic E-state index is 2.88. The molecule has 0 heterocycles. The summed E-state index contributed by atoms with van der Waals surface area (Å²) in [5.74, 6) is 0. The van der Waals surface area contributed by atoms with Crippen molar-refractivity contribution < 1.29 is 0 Å². The van der Waals surface area contributed by atoms with Crippen molar-refractivity contribution in [1.29, 1.82) is 0 Å². The number of hydrogen-bond donors (Lipinski definition) is 0. The van der Waals surface area contributed by atoms with Crippen LogP contribution in [0.2, 0.25) is 19.6 Å². The summed E-state index contributed by atoms with van der Waals surface area (Å²) in [6.45, 7) is 11.8. The van der Waals surface area contributed by atoms with Gasteiger partial charge in [0.15, 0.2) is 0 Å². The summed E-state index contributed by atoms with van der Waals surface area (Å²) in [5.41, 5.74) is 3.08. The van der Waals surface area contributed by atoms with E-state index in [1.807, 2.05) is 0 Å². The third-order valence-electron chi connectivity index (χ3n) is 2.77. The van der Waals surface area contributed by atoms with E-state index in [-0.39, 0.29) is 0 Å². The van der Waals surface area contributed by atoms with E-state index >= 15 is 0 Å². The average molecular weight is 198 g/mol. The maximum Gasteiger partial charge on any atom is 0.0732 e. The smallest absolute Gasteiger partial charge is 0.0732 e. The summed E-state index contributed by atoms with van der Waals surface area (Å²) < 4.78 is 0. The molecule has 0 amide bonds. The fourth-order valence-electron chi connectivity index (χ4n) is 1.75. The fraction of sp³-hybridized carbons (Fsp3) is 0.600. The highest BCUT2D eigenvalue weighted by Crippen LogP contribution is 2.39. The van der Waals surface area contributed by atoms with Gasteiger partial charge in [-0.05, 0) is 31.2 Å². The van der Waals surface area contributed by atoms with Crippen LogP contribution in [0.25, 0.3) is 0 Å². The summed E-state index contributed by atoms with van der Waals surface area (Å²) >= 11 is 0. The van der Waals surface area contributed by atoms with Gasteiger partial charge in [-0.3, -0.25) is 0 Å². The lowest BCUT2D eigenvalue weighted by atomic mass is 10.2. The highest BCUT2D eigenvalue weighted by molar-refractivity contribution is 7.22. The summed E-state index contributed by atoms with van der Waals surface area (Å²) in [5, 5.41) is 3.25. The molecule has 1 unspecified atom stereocenters. The molecule has 1 rings (SSSR count).